The van der Waals surface area contributed by atoms with E-state index < -0.39 is 0 Å². The van der Waals surface area contributed by atoms with E-state index in [1.807, 2.05) is 50.2 Å². The number of methoxy groups -OCH3 is 3. The van der Waals surface area contributed by atoms with Gasteiger partial charge < -0.3 is 23.9 Å². The van der Waals surface area contributed by atoms with Gasteiger partial charge >= 0.3 is 0 Å². The van der Waals surface area contributed by atoms with Gasteiger partial charge in [-0.2, -0.15) is 0 Å². The molecule has 1 amide bonds. The van der Waals surface area contributed by atoms with Gasteiger partial charge in [-0.05, 0) is 43.2 Å². The van der Waals surface area contributed by atoms with Gasteiger partial charge in [0.1, 0.15) is 17.1 Å². The van der Waals surface area contributed by atoms with Crippen LogP contribution in [0.3, 0.4) is 0 Å². The number of hydrogen-bond donors (Lipinski definition) is 1. The molecule has 0 saturated carbocycles. The van der Waals surface area contributed by atoms with Gasteiger partial charge in [0.25, 0.3) is 0 Å². The first kappa shape index (κ1) is 21.5. The molecule has 0 spiro atoms. The van der Waals surface area contributed by atoms with E-state index in [1.54, 1.807) is 33.7 Å². The predicted molar refractivity (Wildman–Crippen MR) is 118 cm³/mol. The Hall–Kier alpha value is -3.25. The zero-order valence-corrected chi connectivity index (χ0v) is 17.9. The molecule has 0 aliphatic heterocycles. The number of amides is 1. The van der Waals surface area contributed by atoms with Crippen molar-refractivity contribution in [2.24, 2.45) is 0 Å². The lowest BCUT2D eigenvalue weighted by Gasteiger charge is -2.13. The van der Waals surface area contributed by atoms with E-state index in [9.17, 15) is 4.79 Å². The lowest BCUT2D eigenvalue weighted by Crippen LogP contribution is -2.34. The van der Waals surface area contributed by atoms with Gasteiger partial charge in [0.2, 0.25) is 5.91 Å². The highest BCUT2D eigenvalue weighted by molar-refractivity contribution is 6.00. The lowest BCUT2D eigenvalue weighted by molar-refractivity contribution is -0.117. The van der Waals surface area contributed by atoms with Gasteiger partial charge in [0.05, 0.1) is 27.1 Å². The summed E-state index contributed by atoms with van der Waals surface area (Å²) < 4.78 is 21.7. The van der Waals surface area contributed by atoms with Crippen LogP contribution in [0.2, 0.25) is 0 Å². The summed E-state index contributed by atoms with van der Waals surface area (Å²) in [7, 11) is 4.85. The number of carbonyl (C=O) groups excluding carboxylic acids is 1. The summed E-state index contributed by atoms with van der Waals surface area (Å²) in [6.45, 7) is 4.23. The van der Waals surface area contributed by atoms with Crippen molar-refractivity contribution >= 4 is 22.4 Å². The first-order valence-corrected chi connectivity index (χ1v) is 9.68. The third kappa shape index (κ3) is 4.66. The zero-order chi connectivity index (χ0) is 21.7. The third-order valence-electron chi connectivity index (χ3n) is 4.85. The highest BCUT2D eigenvalue weighted by atomic mass is 16.5. The maximum atomic E-state index is 12.4. The van der Waals surface area contributed by atoms with Crippen LogP contribution in [0, 0.1) is 0 Å². The van der Waals surface area contributed by atoms with Crippen molar-refractivity contribution in [2.75, 3.05) is 27.9 Å². The number of fused-ring (bicyclic) bond motifs is 1. The summed E-state index contributed by atoms with van der Waals surface area (Å²) in [6, 6.07) is 11.6. The minimum Gasteiger partial charge on any atom is -0.497 e. The number of benzene rings is 2. The lowest BCUT2D eigenvalue weighted by atomic mass is 9.99. The maximum absolute atomic E-state index is 12.4. The first-order chi connectivity index (χ1) is 14.5. The molecule has 0 radical (unpaired) electrons. The van der Waals surface area contributed by atoms with Gasteiger partial charge in [0.15, 0.2) is 0 Å². The molecule has 158 valence electrons. The number of furan rings is 1. The normalized spacial score (nSPS) is 12.6. The summed E-state index contributed by atoms with van der Waals surface area (Å²) in [5, 5.41) is 3.82. The zero-order valence-electron chi connectivity index (χ0n) is 17.9. The number of allylic oxidation sites excluding steroid dienone is 1. The van der Waals surface area contributed by atoms with Crippen LogP contribution in [0.5, 0.6) is 11.5 Å². The molecule has 0 saturated heterocycles. The number of ether oxygens (including phenoxy) is 3. The topological polar surface area (TPSA) is 69.9 Å². The van der Waals surface area contributed by atoms with Crippen molar-refractivity contribution in [3.8, 4) is 22.6 Å². The molecular formula is C24H27NO5. The molecule has 6 heteroatoms. The van der Waals surface area contributed by atoms with E-state index in [-0.39, 0.29) is 11.9 Å². The van der Waals surface area contributed by atoms with Crippen LogP contribution in [-0.2, 0) is 9.53 Å². The highest BCUT2D eigenvalue weighted by Crippen LogP contribution is 2.38. The summed E-state index contributed by atoms with van der Waals surface area (Å²) in [6.07, 6.45) is 3.29. The smallest absolute Gasteiger partial charge is 0.244 e. The van der Waals surface area contributed by atoms with E-state index in [0.717, 1.165) is 33.4 Å². The summed E-state index contributed by atoms with van der Waals surface area (Å²) >= 11 is 0. The van der Waals surface area contributed by atoms with Crippen molar-refractivity contribution < 1.29 is 23.4 Å². The maximum Gasteiger partial charge on any atom is 0.244 e. The van der Waals surface area contributed by atoms with Gasteiger partial charge in [0, 0.05) is 41.8 Å². The quantitative estimate of drug-likeness (QED) is 0.548. The number of carbonyl (C=O) groups is 1. The number of hydrogen-bond acceptors (Lipinski definition) is 5. The Morgan fingerprint density at radius 1 is 1.17 bits per heavy atom. The fourth-order valence-corrected chi connectivity index (χ4v) is 3.40. The molecule has 2 aromatic carbocycles. The molecule has 1 unspecified atom stereocenters. The van der Waals surface area contributed by atoms with Gasteiger partial charge in [-0.3, -0.25) is 4.79 Å². The first-order valence-electron chi connectivity index (χ1n) is 9.68. The van der Waals surface area contributed by atoms with Crippen LogP contribution in [0.25, 0.3) is 27.7 Å². The van der Waals surface area contributed by atoms with E-state index in [2.05, 4.69) is 5.32 Å². The van der Waals surface area contributed by atoms with Gasteiger partial charge in [-0.1, -0.05) is 12.1 Å². The molecule has 0 aliphatic carbocycles. The minimum absolute atomic E-state index is 0.0792. The molecule has 3 aromatic rings. The van der Waals surface area contributed by atoms with Crippen molar-refractivity contribution in [2.45, 2.75) is 19.9 Å². The molecule has 6 nitrogen and oxygen atoms in total. The largest absolute Gasteiger partial charge is 0.497 e. The van der Waals surface area contributed by atoms with Crippen molar-refractivity contribution in [1.82, 2.24) is 5.32 Å². The fraction of sp³-hybridized carbons (Fsp3) is 0.292. The third-order valence-corrected chi connectivity index (χ3v) is 4.85. The molecular weight excluding hydrogens is 382 g/mol. The Morgan fingerprint density at radius 3 is 2.67 bits per heavy atom. The summed E-state index contributed by atoms with van der Waals surface area (Å²) in [5.41, 5.74) is 4.24. The Labute approximate surface area is 176 Å². The van der Waals surface area contributed by atoms with E-state index in [4.69, 9.17) is 18.6 Å². The molecule has 0 bridgehead atoms. The molecule has 0 aliphatic rings. The van der Waals surface area contributed by atoms with Crippen LogP contribution in [0.1, 0.15) is 19.4 Å². The molecule has 1 atom stereocenters. The van der Waals surface area contributed by atoms with Crippen LogP contribution in [0.4, 0.5) is 0 Å². The molecule has 1 N–H and O–H groups in total. The standard InChI is InChI=1S/C24H27NO5/c1-15(9-24(26)25-16(2)13-27-3)19-11-20-21(14-30-23(20)12-22(19)29-5)17-7-6-8-18(10-17)28-4/h6-12,14,16H,13H2,1-5H3,(H,25,26)/b15-9+. The highest BCUT2D eigenvalue weighted by Gasteiger charge is 2.15. The van der Waals surface area contributed by atoms with Crippen LogP contribution >= 0.6 is 0 Å². The molecule has 0 fully saturated rings. The minimum atomic E-state index is -0.181. The second-order valence-corrected chi connectivity index (χ2v) is 7.12. The molecule has 3 rings (SSSR count). The average Bonchev–Trinajstić information content (AvgIpc) is 3.15. The second-order valence-electron chi connectivity index (χ2n) is 7.12. The van der Waals surface area contributed by atoms with E-state index >= 15 is 0 Å². The predicted octanol–water partition coefficient (Wildman–Crippen LogP) is 4.67. The average molecular weight is 409 g/mol. The van der Waals surface area contributed by atoms with Gasteiger partial charge in [-0.15, -0.1) is 0 Å². The Kier molecular flexibility index (Phi) is 6.79. The second kappa shape index (κ2) is 9.50. The van der Waals surface area contributed by atoms with Crippen LogP contribution in [0.15, 0.2) is 53.2 Å². The summed E-state index contributed by atoms with van der Waals surface area (Å²) in [4.78, 5) is 12.4. The van der Waals surface area contributed by atoms with E-state index in [0.29, 0.717) is 17.9 Å². The number of nitrogens with one attached hydrogen (secondary N) is 1. The molecule has 1 heterocycles. The Bertz CT molecular complexity index is 1070. The molecule has 30 heavy (non-hydrogen) atoms. The SMILES string of the molecule is COCC(C)NC(=O)/C=C(\C)c1cc2c(-c3cccc(OC)c3)coc2cc1OC. The van der Waals surface area contributed by atoms with Crippen LogP contribution < -0.4 is 14.8 Å². The van der Waals surface area contributed by atoms with Gasteiger partial charge in [-0.25, -0.2) is 0 Å². The van der Waals surface area contributed by atoms with Crippen molar-refractivity contribution in [3.63, 3.8) is 0 Å². The fourth-order valence-electron chi connectivity index (χ4n) is 3.40. The monoisotopic (exact) mass is 409 g/mol. The number of rotatable bonds is 8. The summed E-state index contributed by atoms with van der Waals surface area (Å²) in [5.74, 6) is 1.23. The van der Waals surface area contributed by atoms with Crippen molar-refractivity contribution in [1.29, 1.82) is 0 Å². The van der Waals surface area contributed by atoms with E-state index in [1.165, 1.54) is 0 Å². The Morgan fingerprint density at radius 2 is 1.97 bits per heavy atom. The molecule has 1 aromatic heterocycles. The van der Waals surface area contributed by atoms with Crippen LogP contribution in [-0.4, -0.2) is 39.9 Å². The Balaban J connectivity index is 2.01. The van der Waals surface area contributed by atoms with Crippen molar-refractivity contribution in [3.05, 3.63) is 54.3 Å².